The van der Waals surface area contributed by atoms with Crippen LogP contribution in [0.2, 0.25) is 0 Å². The third-order valence-corrected chi connectivity index (χ3v) is 1.45. The molecule has 0 fully saturated rings. The van der Waals surface area contributed by atoms with Gasteiger partial charge in [0.05, 0.1) is 12.2 Å². The highest BCUT2D eigenvalue weighted by Gasteiger charge is 2.21. The van der Waals surface area contributed by atoms with Gasteiger partial charge in [-0.15, -0.1) is 0 Å². The van der Waals surface area contributed by atoms with Crippen LogP contribution in [0.4, 0.5) is 4.39 Å². The smallest absolute Gasteiger partial charge is 0.339 e. The molecule has 0 aliphatic heterocycles. The Morgan fingerprint density at radius 1 is 1.53 bits per heavy atom. The molecule has 0 radical (unpaired) electrons. The first-order valence-electron chi connectivity index (χ1n) is 4.07. The lowest BCUT2D eigenvalue weighted by Crippen LogP contribution is -2.13. The Bertz CT molecular complexity index is 325. The molecule has 0 atom stereocenters. The van der Waals surface area contributed by atoms with Gasteiger partial charge >= 0.3 is 11.9 Å². The summed E-state index contributed by atoms with van der Waals surface area (Å²) in [4.78, 5) is 21.8. The first-order valence-corrected chi connectivity index (χ1v) is 4.07. The molecule has 0 heterocycles. The number of hydrogen-bond acceptors (Lipinski definition) is 3. The number of hydrogen-bond donors (Lipinski definition) is 1. The molecule has 0 unspecified atom stereocenters. The van der Waals surface area contributed by atoms with Crippen LogP contribution in [0.15, 0.2) is 36.2 Å². The summed E-state index contributed by atoms with van der Waals surface area (Å²) in [6.45, 7) is 7.65. The van der Waals surface area contributed by atoms with Gasteiger partial charge < -0.3 is 9.84 Å². The molecule has 0 aromatic heterocycles. The first kappa shape index (κ1) is 13.1. The highest BCUT2D eigenvalue weighted by atomic mass is 19.1. The number of carbonyl (C=O) groups is 2. The zero-order valence-corrected chi connectivity index (χ0v) is 8.25. The van der Waals surface area contributed by atoms with Gasteiger partial charge in [-0.3, -0.25) is 0 Å². The molecule has 0 rings (SSSR count). The van der Waals surface area contributed by atoms with Crippen molar-refractivity contribution < 1.29 is 23.8 Å². The lowest BCUT2D eigenvalue weighted by Gasteiger charge is -2.05. The Labute approximate surface area is 86.4 Å². The monoisotopic (exact) mass is 214 g/mol. The molecule has 0 spiro atoms. The second-order valence-corrected chi connectivity index (χ2v) is 2.42. The topological polar surface area (TPSA) is 63.6 Å². The predicted molar refractivity (Wildman–Crippen MR) is 51.7 cm³/mol. The minimum atomic E-state index is -1.59. The van der Waals surface area contributed by atoms with Crippen LogP contribution in [0.1, 0.15) is 6.92 Å². The molecule has 0 aliphatic rings. The number of carboxylic acid groups (broad SMARTS) is 1. The summed E-state index contributed by atoms with van der Waals surface area (Å²) in [5.74, 6) is -3.75. The van der Waals surface area contributed by atoms with E-state index < -0.39 is 28.9 Å². The summed E-state index contributed by atoms with van der Waals surface area (Å²) in [6.07, 6.45) is 0.923. The van der Waals surface area contributed by atoms with Crippen LogP contribution in [0.25, 0.3) is 0 Å². The largest absolute Gasteiger partial charge is 0.478 e. The molecule has 15 heavy (non-hydrogen) atoms. The number of rotatable bonds is 5. The number of carbonyl (C=O) groups excluding carboxylic acids is 1. The standard InChI is InChI=1S/C10H11FO4/c1-4-7(10(14)15-5-2)8(6(3)11)9(12)13/h4H,1,3,5H2,2H3,(H,12,13)/b8-7-. The van der Waals surface area contributed by atoms with E-state index in [1.807, 2.05) is 0 Å². The summed E-state index contributed by atoms with van der Waals surface area (Å²) in [7, 11) is 0. The van der Waals surface area contributed by atoms with Gasteiger partial charge in [-0.2, -0.15) is 0 Å². The molecule has 0 saturated carbocycles. The fourth-order valence-electron chi connectivity index (χ4n) is 0.874. The molecule has 0 aromatic carbocycles. The second-order valence-electron chi connectivity index (χ2n) is 2.42. The van der Waals surface area contributed by atoms with E-state index in [-0.39, 0.29) is 6.61 Å². The number of esters is 1. The third-order valence-electron chi connectivity index (χ3n) is 1.45. The molecule has 1 N–H and O–H groups in total. The molecule has 4 nitrogen and oxygen atoms in total. The Morgan fingerprint density at radius 2 is 2.07 bits per heavy atom. The van der Waals surface area contributed by atoms with E-state index in [0.29, 0.717) is 0 Å². The van der Waals surface area contributed by atoms with Crippen molar-refractivity contribution >= 4 is 11.9 Å². The molecule has 0 aliphatic carbocycles. The van der Waals surface area contributed by atoms with Crippen molar-refractivity contribution in [1.82, 2.24) is 0 Å². The number of carboxylic acids is 1. The average molecular weight is 214 g/mol. The minimum Gasteiger partial charge on any atom is -0.478 e. The highest BCUT2D eigenvalue weighted by molar-refractivity contribution is 6.04. The maximum Gasteiger partial charge on any atom is 0.339 e. The summed E-state index contributed by atoms with van der Waals surface area (Å²) >= 11 is 0. The molecule has 82 valence electrons. The lowest BCUT2D eigenvalue weighted by atomic mass is 10.1. The van der Waals surface area contributed by atoms with E-state index in [1.54, 1.807) is 6.92 Å². The van der Waals surface area contributed by atoms with E-state index >= 15 is 0 Å². The van der Waals surface area contributed by atoms with Gasteiger partial charge in [0.25, 0.3) is 0 Å². The van der Waals surface area contributed by atoms with Crippen LogP contribution in [0, 0.1) is 0 Å². The summed E-state index contributed by atoms with van der Waals surface area (Å²) in [5, 5.41) is 8.65. The SMILES string of the molecule is C=C/C(C(=O)OCC)=C(\C(=C)F)C(=O)O. The third kappa shape index (κ3) is 3.38. The second kappa shape index (κ2) is 5.74. The van der Waals surface area contributed by atoms with Crippen molar-refractivity contribution in [3.05, 3.63) is 36.2 Å². The van der Waals surface area contributed by atoms with Gasteiger partial charge in [0.1, 0.15) is 11.4 Å². The number of halogens is 1. The fourth-order valence-corrected chi connectivity index (χ4v) is 0.874. The number of ether oxygens (including phenoxy) is 1. The maximum atomic E-state index is 12.8. The van der Waals surface area contributed by atoms with Crippen molar-refractivity contribution in [2.75, 3.05) is 6.61 Å². The van der Waals surface area contributed by atoms with E-state index in [4.69, 9.17) is 5.11 Å². The Kier molecular flexibility index (Phi) is 5.01. The highest BCUT2D eigenvalue weighted by Crippen LogP contribution is 2.17. The summed E-state index contributed by atoms with van der Waals surface area (Å²) < 4.78 is 17.3. The van der Waals surface area contributed by atoms with Crippen LogP contribution in [0.3, 0.4) is 0 Å². The Hall–Kier alpha value is -1.91. The summed E-state index contributed by atoms with van der Waals surface area (Å²) in [6, 6.07) is 0. The van der Waals surface area contributed by atoms with E-state index in [9.17, 15) is 14.0 Å². The quantitative estimate of drug-likeness (QED) is 0.429. The summed E-state index contributed by atoms with van der Waals surface area (Å²) in [5.41, 5.74) is -1.28. The normalized spacial score (nSPS) is 11.3. The molecule has 0 amide bonds. The lowest BCUT2D eigenvalue weighted by molar-refractivity contribution is -0.139. The van der Waals surface area contributed by atoms with Crippen LogP contribution >= 0.6 is 0 Å². The van der Waals surface area contributed by atoms with Crippen molar-refractivity contribution in [1.29, 1.82) is 0 Å². The molecule has 0 bridgehead atoms. The Balaban J connectivity index is 5.42. The van der Waals surface area contributed by atoms with E-state index in [0.717, 1.165) is 6.08 Å². The van der Waals surface area contributed by atoms with Crippen LogP contribution in [-0.2, 0) is 14.3 Å². The van der Waals surface area contributed by atoms with Crippen LogP contribution < -0.4 is 0 Å². The zero-order valence-electron chi connectivity index (χ0n) is 8.25. The van der Waals surface area contributed by atoms with Crippen molar-refractivity contribution in [3.63, 3.8) is 0 Å². The van der Waals surface area contributed by atoms with Crippen molar-refractivity contribution in [3.8, 4) is 0 Å². The molecular formula is C10H11FO4. The van der Waals surface area contributed by atoms with E-state index in [1.165, 1.54) is 0 Å². The molecule has 0 aromatic rings. The van der Waals surface area contributed by atoms with Crippen molar-refractivity contribution in [2.45, 2.75) is 6.92 Å². The Morgan fingerprint density at radius 3 is 2.33 bits per heavy atom. The van der Waals surface area contributed by atoms with Gasteiger partial charge in [0.2, 0.25) is 0 Å². The van der Waals surface area contributed by atoms with Gasteiger partial charge in [-0.25, -0.2) is 14.0 Å². The first-order chi connectivity index (χ1) is 6.95. The fraction of sp³-hybridized carbons (Fsp3) is 0.200. The van der Waals surface area contributed by atoms with Crippen LogP contribution in [0.5, 0.6) is 0 Å². The zero-order chi connectivity index (χ0) is 12.0. The maximum absolute atomic E-state index is 12.8. The average Bonchev–Trinajstić information content (AvgIpc) is 2.12. The van der Waals surface area contributed by atoms with Gasteiger partial charge in [-0.1, -0.05) is 19.2 Å². The molecule has 0 saturated heterocycles. The van der Waals surface area contributed by atoms with Gasteiger partial charge in [-0.05, 0) is 6.92 Å². The van der Waals surface area contributed by atoms with Crippen molar-refractivity contribution in [2.24, 2.45) is 0 Å². The molecular weight excluding hydrogens is 203 g/mol. The van der Waals surface area contributed by atoms with Crippen LogP contribution in [-0.4, -0.2) is 23.7 Å². The minimum absolute atomic E-state index is 0.0574. The predicted octanol–water partition coefficient (Wildman–Crippen LogP) is 1.60. The molecule has 5 heteroatoms. The number of aliphatic carboxylic acids is 1. The van der Waals surface area contributed by atoms with E-state index in [2.05, 4.69) is 17.9 Å². The van der Waals surface area contributed by atoms with Gasteiger partial charge in [0, 0.05) is 0 Å². The van der Waals surface area contributed by atoms with Gasteiger partial charge in [0.15, 0.2) is 0 Å².